The van der Waals surface area contributed by atoms with Crippen molar-refractivity contribution in [2.75, 3.05) is 44.2 Å². The fourth-order valence-corrected chi connectivity index (χ4v) is 3.59. The summed E-state index contributed by atoms with van der Waals surface area (Å²) in [4.78, 5) is 27.2. The van der Waals surface area contributed by atoms with Gasteiger partial charge in [-0.25, -0.2) is 0 Å². The molecule has 1 aliphatic heterocycles. The number of rotatable bonds is 7. The van der Waals surface area contributed by atoms with E-state index in [2.05, 4.69) is 15.1 Å². The van der Waals surface area contributed by atoms with Gasteiger partial charge in [0.05, 0.1) is 4.92 Å². The lowest BCUT2D eigenvalue weighted by atomic mass is 10.2. The topological polar surface area (TPSA) is 78.7 Å². The summed E-state index contributed by atoms with van der Waals surface area (Å²) in [7, 11) is 0. The standard InChI is InChI=1S/C20H22Cl2N4O3/c21-16-3-5-17(6-4-16)25-12-10-24(11-13-25)9-1-8-23-20(27)15-2-7-18(22)19(14-15)26(28)29/h2-7,14H,1,8-13H2,(H,23,27). The second kappa shape index (κ2) is 9.91. The van der Waals surface area contributed by atoms with Gasteiger partial charge in [0.1, 0.15) is 5.02 Å². The van der Waals surface area contributed by atoms with Crippen LogP contribution in [0.25, 0.3) is 0 Å². The molecule has 1 heterocycles. The van der Waals surface area contributed by atoms with Crippen LogP contribution < -0.4 is 10.2 Å². The van der Waals surface area contributed by atoms with Crippen molar-refractivity contribution >= 4 is 40.5 Å². The Kier molecular flexibility index (Phi) is 7.30. The number of amides is 1. The van der Waals surface area contributed by atoms with Gasteiger partial charge in [0.2, 0.25) is 0 Å². The Hall–Kier alpha value is -2.35. The monoisotopic (exact) mass is 436 g/mol. The first-order chi connectivity index (χ1) is 13.9. The molecule has 0 aliphatic carbocycles. The third-order valence-electron chi connectivity index (χ3n) is 4.91. The molecular formula is C20H22Cl2N4O3. The van der Waals surface area contributed by atoms with Crippen molar-refractivity contribution in [3.63, 3.8) is 0 Å². The third kappa shape index (κ3) is 5.82. The van der Waals surface area contributed by atoms with Crippen LogP contribution >= 0.6 is 23.2 Å². The number of carbonyl (C=O) groups is 1. The summed E-state index contributed by atoms with van der Waals surface area (Å²) >= 11 is 11.7. The minimum Gasteiger partial charge on any atom is -0.369 e. The molecule has 154 valence electrons. The van der Waals surface area contributed by atoms with Gasteiger partial charge in [-0.15, -0.1) is 0 Å². The Labute approximate surface area is 179 Å². The van der Waals surface area contributed by atoms with E-state index in [9.17, 15) is 14.9 Å². The second-order valence-electron chi connectivity index (χ2n) is 6.84. The molecule has 1 saturated heterocycles. The minimum atomic E-state index is -0.594. The highest BCUT2D eigenvalue weighted by Crippen LogP contribution is 2.25. The molecule has 29 heavy (non-hydrogen) atoms. The van der Waals surface area contributed by atoms with E-state index in [1.165, 1.54) is 23.9 Å². The summed E-state index contributed by atoms with van der Waals surface area (Å²) in [5, 5.41) is 14.5. The molecule has 2 aromatic carbocycles. The SMILES string of the molecule is O=C(NCCCN1CCN(c2ccc(Cl)cc2)CC1)c1ccc(Cl)c([N+](=O)[O-])c1. The molecule has 7 nitrogen and oxygen atoms in total. The van der Waals surface area contributed by atoms with Crippen LogP contribution in [-0.2, 0) is 0 Å². The summed E-state index contributed by atoms with van der Waals surface area (Å²) in [5.74, 6) is -0.336. The average molecular weight is 437 g/mol. The zero-order chi connectivity index (χ0) is 20.8. The van der Waals surface area contributed by atoms with Crippen LogP contribution in [0.5, 0.6) is 0 Å². The van der Waals surface area contributed by atoms with Crippen LogP contribution in [0.1, 0.15) is 16.8 Å². The molecule has 0 bridgehead atoms. The number of piperazine rings is 1. The third-order valence-corrected chi connectivity index (χ3v) is 5.48. The maximum absolute atomic E-state index is 12.2. The predicted octanol–water partition coefficient (Wildman–Crippen LogP) is 3.84. The molecule has 9 heteroatoms. The Bertz CT molecular complexity index is 869. The summed E-state index contributed by atoms with van der Waals surface area (Å²) < 4.78 is 0. The Morgan fingerprint density at radius 1 is 1.07 bits per heavy atom. The van der Waals surface area contributed by atoms with E-state index in [4.69, 9.17) is 23.2 Å². The van der Waals surface area contributed by atoms with Gasteiger partial charge in [0.25, 0.3) is 11.6 Å². The first kappa shape index (κ1) is 21.4. The van der Waals surface area contributed by atoms with Gasteiger partial charge in [-0.2, -0.15) is 0 Å². The zero-order valence-corrected chi connectivity index (χ0v) is 17.3. The lowest BCUT2D eigenvalue weighted by Gasteiger charge is -2.36. The van der Waals surface area contributed by atoms with Gasteiger partial charge in [0.15, 0.2) is 0 Å². The lowest BCUT2D eigenvalue weighted by Crippen LogP contribution is -2.47. The number of hydrogen-bond donors (Lipinski definition) is 1. The van der Waals surface area contributed by atoms with E-state index in [0.29, 0.717) is 6.54 Å². The molecule has 1 aliphatic rings. The molecule has 0 atom stereocenters. The van der Waals surface area contributed by atoms with Gasteiger partial charge in [-0.3, -0.25) is 19.8 Å². The molecule has 2 aromatic rings. The Morgan fingerprint density at radius 3 is 2.41 bits per heavy atom. The van der Waals surface area contributed by atoms with Gasteiger partial charge < -0.3 is 10.2 Å². The number of anilines is 1. The molecule has 0 radical (unpaired) electrons. The highest BCUT2D eigenvalue weighted by molar-refractivity contribution is 6.32. The molecule has 0 saturated carbocycles. The molecule has 0 spiro atoms. The number of benzene rings is 2. The molecule has 1 amide bonds. The van der Waals surface area contributed by atoms with Crippen molar-refractivity contribution in [3.05, 3.63) is 68.2 Å². The van der Waals surface area contributed by atoms with Gasteiger partial charge >= 0.3 is 0 Å². The highest BCUT2D eigenvalue weighted by Gasteiger charge is 2.18. The summed E-state index contributed by atoms with van der Waals surface area (Å²) in [6.07, 6.45) is 0.808. The van der Waals surface area contributed by atoms with E-state index in [1.54, 1.807) is 0 Å². The van der Waals surface area contributed by atoms with Crippen LogP contribution in [0, 0.1) is 10.1 Å². The van der Waals surface area contributed by atoms with Crippen molar-refractivity contribution < 1.29 is 9.72 Å². The van der Waals surface area contributed by atoms with E-state index >= 15 is 0 Å². The molecule has 1 fully saturated rings. The first-order valence-corrected chi connectivity index (χ1v) is 10.1. The minimum absolute atomic E-state index is 0.0179. The average Bonchev–Trinajstić information content (AvgIpc) is 2.72. The number of hydrogen-bond acceptors (Lipinski definition) is 5. The summed E-state index contributed by atoms with van der Waals surface area (Å²) in [6.45, 7) is 5.20. The van der Waals surface area contributed by atoms with Crippen LogP contribution in [0.15, 0.2) is 42.5 Å². The number of carbonyl (C=O) groups excluding carboxylic acids is 1. The van der Waals surface area contributed by atoms with E-state index in [-0.39, 0.29) is 22.2 Å². The van der Waals surface area contributed by atoms with E-state index in [0.717, 1.165) is 44.2 Å². The Morgan fingerprint density at radius 2 is 1.76 bits per heavy atom. The lowest BCUT2D eigenvalue weighted by molar-refractivity contribution is -0.384. The number of nitro groups is 1. The number of nitrogens with zero attached hydrogens (tertiary/aromatic N) is 3. The van der Waals surface area contributed by atoms with Crippen LogP contribution in [-0.4, -0.2) is 55.0 Å². The summed E-state index contributed by atoms with van der Waals surface area (Å²) in [6, 6.07) is 11.9. The molecule has 0 unspecified atom stereocenters. The van der Waals surface area contributed by atoms with Crippen molar-refractivity contribution in [1.29, 1.82) is 0 Å². The molecule has 0 aromatic heterocycles. The summed E-state index contributed by atoms with van der Waals surface area (Å²) in [5.41, 5.74) is 1.15. The van der Waals surface area contributed by atoms with Gasteiger partial charge in [0, 0.05) is 55.1 Å². The molecular weight excluding hydrogens is 415 g/mol. The van der Waals surface area contributed by atoms with Gasteiger partial charge in [-0.05, 0) is 49.4 Å². The van der Waals surface area contributed by atoms with Gasteiger partial charge in [-0.1, -0.05) is 23.2 Å². The van der Waals surface area contributed by atoms with Crippen molar-refractivity contribution in [2.45, 2.75) is 6.42 Å². The normalized spacial score (nSPS) is 14.6. The fourth-order valence-electron chi connectivity index (χ4n) is 3.28. The molecule has 3 rings (SSSR count). The second-order valence-corrected chi connectivity index (χ2v) is 7.68. The smallest absolute Gasteiger partial charge is 0.288 e. The maximum Gasteiger partial charge on any atom is 0.288 e. The Balaban J connectivity index is 1.39. The predicted molar refractivity (Wildman–Crippen MR) is 115 cm³/mol. The van der Waals surface area contributed by atoms with E-state index < -0.39 is 4.92 Å². The van der Waals surface area contributed by atoms with Crippen LogP contribution in [0.2, 0.25) is 10.0 Å². The number of halogens is 2. The molecule has 1 N–H and O–H groups in total. The van der Waals surface area contributed by atoms with Crippen LogP contribution in [0.4, 0.5) is 11.4 Å². The number of nitrogens with one attached hydrogen (secondary N) is 1. The highest BCUT2D eigenvalue weighted by atomic mass is 35.5. The first-order valence-electron chi connectivity index (χ1n) is 9.39. The largest absolute Gasteiger partial charge is 0.369 e. The quantitative estimate of drug-likeness (QED) is 0.405. The van der Waals surface area contributed by atoms with E-state index in [1.807, 2.05) is 24.3 Å². The number of nitro benzene ring substituents is 1. The van der Waals surface area contributed by atoms with Crippen LogP contribution in [0.3, 0.4) is 0 Å². The fraction of sp³-hybridized carbons (Fsp3) is 0.350. The van der Waals surface area contributed by atoms with Crippen molar-refractivity contribution in [2.24, 2.45) is 0 Å². The van der Waals surface area contributed by atoms with Crippen molar-refractivity contribution in [1.82, 2.24) is 10.2 Å². The zero-order valence-electron chi connectivity index (χ0n) is 15.8. The maximum atomic E-state index is 12.2. The van der Waals surface area contributed by atoms with Crippen molar-refractivity contribution in [3.8, 4) is 0 Å².